The SMILES string of the molecule is C[C@]12C=CC(=O)C[C@@H]1CC[C@@H]1[C@@H]2CC[C@]2(C)[C@@H](O)CC[C@@H]12. The van der Waals surface area contributed by atoms with Crippen molar-refractivity contribution >= 4 is 5.78 Å². The largest absolute Gasteiger partial charge is 0.393 e. The van der Waals surface area contributed by atoms with Gasteiger partial charge in [-0.3, -0.25) is 4.79 Å². The van der Waals surface area contributed by atoms with E-state index in [1.54, 1.807) is 0 Å². The Kier molecular flexibility index (Phi) is 2.96. The lowest BCUT2D eigenvalue weighted by Gasteiger charge is -2.58. The van der Waals surface area contributed by atoms with E-state index in [9.17, 15) is 9.90 Å². The van der Waals surface area contributed by atoms with Gasteiger partial charge in [0.25, 0.3) is 0 Å². The third-order valence-electron chi connectivity index (χ3n) is 7.99. The predicted octanol–water partition coefficient (Wildman–Crippen LogP) is 3.74. The Morgan fingerprint density at radius 2 is 1.90 bits per heavy atom. The second kappa shape index (κ2) is 4.44. The number of carbonyl (C=O) groups is 1. The lowest BCUT2D eigenvalue weighted by atomic mass is 9.46. The van der Waals surface area contributed by atoms with Crippen LogP contribution < -0.4 is 0 Å². The van der Waals surface area contributed by atoms with Gasteiger partial charge in [0.05, 0.1) is 6.10 Å². The lowest BCUT2D eigenvalue weighted by molar-refractivity contribution is -0.123. The fraction of sp³-hybridized carbons (Fsp3) is 0.842. The summed E-state index contributed by atoms with van der Waals surface area (Å²) in [5.41, 5.74) is 0.393. The van der Waals surface area contributed by atoms with Crippen LogP contribution in [0.3, 0.4) is 0 Å². The molecule has 0 radical (unpaired) electrons. The van der Waals surface area contributed by atoms with Crippen LogP contribution in [-0.4, -0.2) is 17.0 Å². The molecule has 0 heterocycles. The van der Waals surface area contributed by atoms with Crippen LogP contribution in [0.15, 0.2) is 12.2 Å². The molecule has 2 heteroatoms. The summed E-state index contributed by atoms with van der Waals surface area (Å²) < 4.78 is 0. The van der Waals surface area contributed by atoms with E-state index in [1.807, 2.05) is 6.08 Å². The van der Waals surface area contributed by atoms with Crippen molar-refractivity contribution < 1.29 is 9.90 Å². The third kappa shape index (κ3) is 1.78. The summed E-state index contributed by atoms with van der Waals surface area (Å²) in [6.07, 6.45) is 11.9. The Balaban J connectivity index is 1.68. The maximum Gasteiger partial charge on any atom is 0.155 e. The van der Waals surface area contributed by atoms with E-state index in [2.05, 4.69) is 19.9 Å². The maximum atomic E-state index is 11.8. The fourth-order valence-corrected chi connectivity index (χ4v) is 6.61. The number of hydrogen-bond donors (Lipinski definition) is 1. The molecule has 4 aliphatic rings. The molecular formula is C19H28O2. The number of allylic oxidation sites excluding steroid dienone is 2. The standard InChI is InChI=1S/C19H28O2/c1-18-9-7-13(20)11-12(18)3-4-14-15-5-6-17(21)19(15,2)10-8-16(14)18/h7,9,12,14-17,21H,3-6,8,10-11H2,1-2H3/t12-,14-,15-,16-,17-,18-,19-/m0/s1. The van der Waals surface area contributed by atoms with Gasteiger partial charge in [0.2, 0.25) is 0 Å². The molecule has 4 rings (SSSR count). The number of aliphatic hydroxyl groups excluding tert-OH is 1. The quantitative estimate of drug-likeness (QED) is 0.737. The van der Waals surface area contributed by atoms with Crippen LogP contribution in [0.2, 0.25) is 0 Å². The Morgan fingerprint density at radius 3 is 2.71 bits per heavy atom. The molecule has 0 saturated heterocycles. The van der Waals surface area contributed by atoms with Crippen molar-refractivity contribution in [3.05, 3.63) is 12.2 Å². The Morgan fingerprint density at radius 1 is 1.10 bits per heavy atom. The molecule has 3 saturated carbocycles. The molecule has 0 amide bonds. The Hall–Kier alpha value is -0.630. The first-order valence-corrected chi connectivity index (χ1v) is 8.85. The van der Waals surface area contributed by atoms with Crippen LogP contribution in [-0.2, 0) is 4.79 Å². The fourth-order valence-electron chi connectivity index (χ4n) is 6.61. The Bertz CT molecular complexity index is 496. The molecule has 2 nitrogen and oxygen atoms in total. The minimum Gasteiger partial charge on any atom is -0.393 e. The van der Waals surface area contributed by atoms with Gasteiger partial charge in [0.15, 0.2) is 5.78 Å². The number of carbonyl (C=O) groups excluding carboxylic acids is 1. The number of rotatable bonds is 0. The van der Waals surface area contributed by atoms with E-state index in [0.29, 0.717) is 17.6 Å². The molecule has 0 aliphatic heterocycles. The molecule has 116 valence electrons. The summed E-state index contributed by atoms with van der Waals surface area (Å²) in [5.74, 6) is 3.08. The number of hydrogen-bond acceptors (Lipinski definition) is 2. The van der Waals surface area contributed by atoms with Gasteiger partial charge in [-0.1, -0.05) is 19.9 Å². The van der Waals surface area contributed by atoms with E-state index in [4.69, 9.17) is 0 Å². The van der Waals surface area contributed by atoms with Crippen LogP contribution >= 0.6 is 0 Å². The Labute approximate surface area is 128 Å². The smallest absolute Gasteiger partial charge is 0.155 e. The number of fused-ring (bicyclic) bond motifs is 5. The second-order valence-electron chi connectivity index (χ2n) is 8.66. The van der Waals surface area contributed by atoms with Crippen molar-refractivity contribution in [3.63, 3.8) is 0 Å². The van der Waals surface area contributed by atoms with Gasteiger partial charge in [0.1, 0.15) is 0 Å². The maximum absolute atomic E-state index is 11.8. The predicted molar refractivity (Wildman–Crippen MR) is 82.6 cm³/mol. The van der Waals surface area contributed by atoms with E-state index in [0.717, 1.165) is 24.7 Å². The van der Waals surface area contributed by atoms with Crippen molar-refractivity contribution in [3.8, 4) is 0 Å². The van der Waals surface area contributed by atoms with E-state index >= 15 is 0 Å². The van der Waals surface area contributed by atoms with Gasteiger partial charge in [-0.2, -0.15) is 0 Å². The molecule has 1 N–H and O–H groups in total. The van der Waals surface area contributed by atoms with Crippen LogP contribution in [0.4, 0.5) is 0 Å². The van der Waals surface area contributed by atoms with E-state index in [-0.39, 0.29) is 16.9 Å². The molecule has 21 heavy (non-hydrogen) atoms. The van der Waals surface area contributed by atoms with Crippen molar-refractivity contribution in [2.75, 3.05) is 0 Å². The van der Waals surface area contributed by atoms with Crippen LogP contribution in [0.5, 0.6) is 0 Å². The van der Waals surface area contributed by atoms with Crippen LogP contribution in [0.25, 0.3) is 0 Å². The first-order valence-electron chi connectivity index (χ1n) is 8.85. The summed E-state index contributed by atoms with van der Waals surface area (Å²) in [5, 5.41) is 10.4. The molecular weight excluding hydrogens is 260 g/mol. The van der Waals surface area contributed by atoms with Gasteiger partial charge in [-0.05, 0) is 79.1 Å². The molecule has 0 spiro atoms. The van der Waals surface area contributed by atoms with Crippen LogP contribution in [0, 0.1) is 34.5 Å². The van der Waals surface area contributed by atoms with Crippen molar-refractivity contribution in [2.45, 2.75) is 64.9 Å². The second-order valence-corrected chi connectivity index (χ2v) is 8.66. The molecule has 0 aromatic heterocycles. The molecule has 0 bridgehead atoms. The summed E-state index contributed by atoms with van der Waals surface area (Å²) in [4.78, 5) is 11.8. The summed E-state index contributed by atoms with van der Waals surface area (Å²) in [7, 11) is 0. The average Bonchev–Trinajstić information content (AvgIpc) is 2.76. The van der Waals surface area contributed by atoms with Gasteiger partial charge >= 0.3 is 0 Å². The highest BCUT2D eigenvalue weighted by Gasteiger charge is 2.59. The van der Waals surface area contributed by atoms with Gasteiger partial charge in [-0.25, -0.2) is 0 Å². The van der Waals surface area contributed by atoms with Gasteiger partial charge in [0, 0.05) is 6.42 Å². The first-order chi connectivity index (χ1) is 9.95. The number of aliphatic hydroxyl groups is 1. The summed E-state index contributed by atoms with van der Waals surface area (Å²) in [6, 6.07) is 0. The van der Waals surface area contributed by atoms with Crippen LogP contribution in [0.1, 0.15) is 58.8 Å². The molecule has 3 fully saturated rings. The first kappa shape index (κ1) is 14.0. The molecule has 0 unspecified atom stereocenters. The molecule has 0 aromatic carbocycles. The monoisotopic (exact) mass is 288 g/mol. The minimum atomic E-state index is -0.0857. The highest BCUT2D eigenvalue weighted by molar-refractivity contribution is 5.91. The lowest BCUT2D eigenvalue weighted by Crippen LogP contribution is -2.52. The van der Waals surface area contributed by atoms with Gasteiger partial charge in [-0.15, -0.1) is 0 Å². The topological polar surface area (TPSA) is 37.3 Å². The van der Waals surface area contributed by atoms with E-state index < -0.39 is 0 Å². The normalized spacial score (nSPS) is 55.8. The minimum absolute atomic E-state index is 0.0857. The zero-order valence-corrected chi connectivity index (χ0v) is 13.3. The number of ketones is 1. The third-order valence-corrected chi connectivity index (χ3v) is 7.99. The summed E-state index contributed by atoms with van der Waals surface area (Å²) >= 11 is 0. The summed E-state index contributed by atoms with van der Waals surface area (Å²) in [6.45, 7) is 4.74. The average molecular weight is 288 g/mol. The highest BCUT2D eigenvalue weighted by atomic mass is 16.3. The molecule has 7 atom stereocenters. The molecule has 0 aromatic rings. The van der Waals surface area contributed by atoms with Crippen molar-refractivity contribution in [1.82, 2.24) is 0 Å². The zero-order chi connectivity index (χ0) is 14.8. The highest BCUT2D eigenvalue weighted by Crippen LogP contribution is 2.64. The van der Waals surface area contributed by atoms with Crippen molar-refractivity contribution in [2.24, 2.45) is 34.5 Å². The molecule has 4 aliphatic carbocycles. The van der Waals surface area contributed by atoms with Gasteiger partial charge < -0.3 is 5.11 Å². The van der Waals surface area contributed by atoms with E-state index in [1.165, 1.54) is 32.1 Å². The zero-order valence-electron chi connectivity index (χ0n) is 13.3. The van der Waals surface area contributed by atoms with Crippen molar-refractivity contribution in [1.29, 1.82) is 0 Å².